The Morgan fingerprint density at radius 3 is 2.16 bits per heavy atom. The van der Waals surface area contributed by atoms with E-state index in [-0.39, 0.29) is 6.61 Å². The summed E-state index contributed by atoms with van der Waals surface area (Å²) in [6.07, 6.45) is -0.339. The van der Waals surface area contributed by atoms with E-state index in [9.17, 15) is 13.2 Å². The normalized spacial score (nSPS) is 16.1. The quantitative estimate of drug-likeness (QED) is 0.473. The highest BCUT2D eigenvalue weighted by molar-refractivity contribution is 5.52. The fourth-order valence-electron chi connectivity index (χ4n) is 3.62. The molecule has 0 spiro atoms. The first-order valence-electron chi connectivity index (χ1n) is 10.9. The number of aryl methyl sites for hydroxylation is 1. The van der Waals surface area contributed by atoms with E-state index >= 15 is 0 Å². The van der Waals surface area contributed by atoms with E-state index in [2.05, 4.69) is 29.9 Å². The third-order valence-corrected chi connectivity index (χ3v) is 5.31. The van der Waals surface area contributed by atoms with Gasteiger partial charge in [0.2, 0.25) is 5.82 Å². The first-order chi connectivity index (χ1) is 15.0. The molecule has 7 nitrogen and oxygen atoms in total. The third kappa shape index (κ3) is 8.92. The van der Waals surface area contributed by atoms with Gasteiger partial charge in [-0.1, -0.05) is 36.8 Å². The van der Waals surface area contributed by atoms with Crippen LogP contribution in [0.3, 0.4) is 0 Å². The zero-order valence-electron chi connectivity index (χ0n) is 17.8. The highest BCUT2D eigenvalue weighted by Crippen LogP contribution is 2.15. The van der Waals surface area contributed by atoms with Crippen molar-refractivity contribution in [2.24, 2.45) is 0 Å². The Hall–Kier alpha value is -2.04. The van der Waals surface area contributed by atoms with Crippen molar-refractivity contribution >= 4 is 0 Å². The predicted octanol–water partition coefficient (Wildman–Crippen LogP) is 3.10. The largest absolute Gasteiger partial charge is 0.411 e. The molecular formula is C21H31F3N6O. The molecule has 1 aliphatic heterocycles. The molecule has 2 heterocycles. The Labute approximate surface area is 181 Å². The SMILES string of the molecule is FC(F)(F)COCCCN1CCN(CCCCCn2nnc(-c3ccccc3)n2)CC1. The second-order valence-electron chi connectivity index (χ2n) is 7.84. The van der Waals surface area contributed by atoms with Crippen LogP contribution in [0, 0.1) is 0 Å². The number of nitrogens with zero attached hydrogens (tertiary/aromatic N) is 6. The molecule has 0 aliphatic carbocycles. The van der Waals surface area contributed by atoms with Crippen LogP contribution in [-0.4, -0.2) is 88.7 Å². The summed E-state index contributed by atoms with van der Waals surface area (Å²) in [4.78, 5) is 6.42. The van der Waals surface area contributed by atoms with Crippen molar-refractivity contribution in [3.8, 4) is 11.4 Å². The monoisotopic (exact) mass is 440 g/mol. The summed E-state index contributed by atoms with van der Waals surface area (Å²) >= 11 is 0. The van der Waals surface area contributed by atoms with Crippen LogP contribution in [0.15, 0.2) is 30.3 Å². The average Bonchev–Trinajstić information content (AvgIpc) is 3.23. The van der Waals surface area contributed by atoms with E-state index in [1.807, 2.05) is 30.3 Å². The maximum atomic E-state index is 12.0. The second-order valence-corrected chi connectivity index (χ2v) is 7.84. The van der Waals surface area contributed by atoms with Gasteiger partial charge in [-0.3, -0.25) is 0 Å². The number of aromatic nitrogens is 4. The zero-order valence-corrected chi connectivity index (χ0v) is 17.8. The van der Waals surface area contributed by atoms with Gasteiger partial charge in [-0.05, 0) is 31.0 Å². The topological polar surface area (TPSA) is 59.3 Å². The fraction of sp³-hybridized carbons (Fsp3) is 0.667. The zero-order chi connectivity index (χ0) is 21.9. The lowest BCUT2D eigenvalue weighted by Crippen LogP contribution is -2.46. The van der Waals surface area contributed by atoms with Gasteiger partial charge >= 0.3 is 6.18 Å². The molecule has 1 aromatic heterocycles. The molecule has 2 aromatic rings. The summed E-state index contributed by atoms with van der Waals surface area (Å²) in [5.74, 6) is 0.658. The molecule has 0 amide bonds. The molecule has 172 valence electrons. The predicted molar refractivity (Wildman–Crippen MR) is 111 cm³/mol. The molecule has 1 saturated heterocycles. The molecule has 0 radical (unpaired) electrons. The van der Waals surface area contributed by atoms with E-state index in [4.69, 9.17) is 0 Å². The smallest absolute Gasteiger partial charge is 0.372 e. The van der Waals surface area contributed by atoms with Crippen LogP contribution in [0.1, 0.15) is 25.7 Å². The summed E-state index contributed by atoms with van der Waals surface area (Å²) in [5.41, 5.74) is 0.974. The van der Waals surface area contributed by atoms with Crippen LogP contribution in [0.25, 0.3) is 11.4 Å². The summed E-state index contributed by atoms with van der Waals surface area (Å²) < 4.78 is 40.8. The number of halogens is 3. The van der Waals surface area contributed by atoms with Crippen molar-refractivity contribution < 1.29 is 17.9 Å². The van der Waals surface area contributed by atoms with Gasteiger partial charge in [-0.2, -0.15) is 18.0 Å². The van der Waals surface area contributed by atoms with Crippen molar-refractivity contribution in [2.45, 2.75) is 38.4 Å². The van der Waals surface area contributed by atoms with E-state index in [1.54, 1.807) is 4.80 Å². The van der Waals surface area contributed by atoms with Crippen LogP contribution < -0.4 is 0 Å². The van der Waals surface area contributed by atoms with Gasteiger partial charge in [-0.15, -0.1) is 10.2 Å². The van der Waals surface area contributed by atoms with Gasteiger partial charge in [0.1, 0.15) is 6.61 Å². The van der Waals surface area contributed by atoms with Crippen molar-refractivity contribution in [3.63, 3.8) is 0 Å². The minimum Gasteiger partial charge on any atom is -0.372 e. The lowest BCUT2D eigenvalue weighted by Gasteiger charge is -2.34. The summed E-state index contributed by atoms with van der Waals surface area (Å²) in [6, 6.07) is 9.84. The molecule has 1 fully saturated rings. The van der Waals surface area contributed by atoms with Gasteiger partial charge in [0, 0.05) is 44.9 Å². The standard InChI is InChI=1S/C21H31F3N6O/c22-21(23,24)18-31-17-7-11-29-15-13-28(14-16-29)10-5-2-6-12-30-26-20(25-27-30)19-8-3-1-4-9-19/h1,3-4,8-9H,2,5-7,10-18H2. The summed E-state index contributed by atoms with van der Waals surface area (Å²) in [5, 5.41) is 12.7. The molecule has 0 bridgehead atoms. The minimum atomic E-state index is -4.23. The van der Waals surface area contributed by atoms with Crippen molar-refractivity contribution in [2.75, 3.05) is 52.5 Å². The number of hydrogen-bond donors (Lipinski definition) is 0. The molecular weight excluding hydrogens is 409 g/mol. The van der Waals surface area contributed by atoms with Gasteiger partial charge in [0.05, 0.1) is 6.54 Å². The third-order valence-electron chi connectivity index (χ3n) is 5.31. The number of piperazine rings is 1. The number of tetrazole rings is 1. The Kier molecular flexibility index (Phi) is 9.23. The summed E-state index contributed by atoms with van der Waals surface area (Å²) in [7, 11) is 0. The van der Waals surface area contributed by atoms with Gasteiger partial charge in [0.25, 0.3) is 0 Å². The molecule has 1 aromatic carbocycles. The van der Waals surface area contributed by atoms with Crippen LogP contribution >= 0.6 is 0 Å². The maximum absolute atomic E-state index is 12.0. The highest BCUT2D eigenvalue weighted by atomic mass is 19.4. The van der Waals surface area contributed by atoms with Crippen LogP contribution in [0.5, 0.6) is 0 Å². The number of hydrogen-bond acceptors (Lipinski definition) is 6. The lowest BCUT2D eigenvalue weighted by molar-refractivity contribution is -0.174. The van der Waals surface area contributed by atoms with Crippen LogP contribution in [0.2, 0.25) is 0 Å². The van der Waals surface area contributed by atoms with E-state index in [0.29, 0.717) is 12.2 Å². The molecule has 0 N–H and O–H groups in total. The minimum absolute atomic E-state index is 0.160. The number of rotatable bonds is 12. The molecule has 31 heavy (non-hydrogen) atoms. The molecule has 0 saturated carbocycles. The first-order valence-corrected chi connectivity index (χ1v) is 10.9. The average molecular weight is 441 g/mol. The van der Waals surface area contributed by atoms with Gasteiger partial charge in [0.15, 0.2) is 0 Å². The number of unbranched alkanes of at least 4 members (excludes halogenated alkanes) is 2. The Bertz CT molecular complexity index is 747. The number of benzene rings is 1. The number of ether oxygens (including phenoxy) is 1. The second kappa shape index (κ2) is 12.1. The summed E-state index contributed by atoms with van der Waals surface area (Å²) in [6.45, 7) is 5.58. The van der Waals surface area contributed by atoms with Crippen molar-refractivity contribution in [3.05, 3.63) is 30.3 Å². The first kappa shape index (κ1) is 23.6. The van der Waals surface area contributed by atoms with E-state index in [1.165, 1.54) is 0 Å². The Balaban J connectivity index is 1.20. The van der Waals surface area contributed by atoms with E-state index < -0.39 is 12.8 Å². The molecule has 0 unspecified atom stereocenters. The molecule has 3 rings (SSSR count). The van der Waals surface area contributed by atoms with Crippen LogP contribution in [-0.2, 0) is 11.3 Å². The highest BCUT2D eigenvalue weighted by Gasteiger charge is 2.27. The van der Waals surface area contributed by atoms with Crippen molar-refractivity contribution in [1.82, 2.24) is 30.0 Å². The Morgan fingerprint density at radius 2 is 1.48 bits per heavy atom. The molecule has 10 heteroatoms. The molecule has 1 aliphatic rings. The maximum Gasteiger partial charge on any atom is 0.411 e. The Morgan fingerprint density at radius 1 is 0.839 bits per heavy atom. The lowest BCUT2D eigenvalue weighted by atomic mass is 10.2. The van der Waals surface area contributed by atoms with E-state index in [0.717, 1.165) is 70.6 Å². The van der Waals surface area contributed by atoms with Gasteiger partial charge in [-0.25, -0.2) is 0 Å². The van der Waals surface area contributed by atoms with Gasteiger partial charge < -0.3 is 14.5 Å². The fourth-order valence-corrected chi connectivity index (χ4v) is 3.62. The molecule has 0 atom stereocenters. The number of alkyl halides is 3. The van der Waals surface area contributed by atoms with Crippen molar-refractivity contribution in [1.29, 1.82) is 0 Å². The van der Waals surface area contributed by atoms with Crippen LogP contribution in [0.4, 0.5) is 13.2 Å².